The summed E-state index contributed by atoms with van der Waals surface area (Å²) >= 11 is 1.50. The first-order chi connectivity index (χ1) is 13.2. The number of nitrogens with zero attached hydrogens (tertiary/aromatic N) is 3. The second-order valence-electron chi connectivity index (χ2n) is 6.14. The lowest BCUT2D eigenvalue weighted by Crippen LogP contribution is -2.26. The van der Waals surface area contributed by atoms with Crippen molar-refractivity contribution in [3.05, 3.63) is 71.8 Å². The first-order valence-corrected chi connectivity index (χ1v) is 9.17. The summed E-state index contributed by atoms with van der Waals surface area (Å²) in [5.74, 6) is 0.124. The number of halogens is 1. The molecule has 3 heterocycles. The first kappa shape index (κ1) is 16.1. The Morgan fingerprint density at radius 1 is 1.26 bits per heavy atom. The molecule has 1 atom stereocenters. The van der Waals surface area contributed by atoms with Crippen LogP contribution in [0.15, 0.2) is 65.1 Å². The first-order valence-electron chi connectivity index (χ1n) is 8.29. The molecule has 27 heavy (non-hydrogen) atoms. The highest BCUT2D eigenvalue weighted by atomic mass is 32.2. The number of carbonyl (C=O) groups is 1. The molecule has 0 saturated heterocycles. The van der Waals surface area contributed by atoms with Crippen LogP contribution in [0.5, 0.6) is 5.75 Å². The maximum Gasteiger partial charge on any atom is 0.262 e. The highest BCUT2D eigenvalue weighted by Crippen LogP contribution is 2.41. The molecular formula is C19H13FN4O2S. The SMILES string of the molecule is O=C1COc2ccc(C3=Nn4ccnc4SC3c3cccc(F)c3)cc2N1. The van der Waals surface area contributed by atoms with Crippen LogP contribution >= 0.6 is 11.8 Å². The molecule has 1 N–H and O–H groups in total. The lowest BCUT2D eigenvalue weighted by Gasteiger charge is -2.25. The summed E-state index contributed by atoms with van der Waals surface area (Å²) in [6, 6.07) is 12.0. The third kappa shape index (κ3) is 2.87. The van der Waals surface area contributed by atoms with Crippen molar-refractivity contribution in [1.29, 1.82) is 0 Å². The molecule has 0 spiro atoms. The van der Waals surface area contributed by atoms with Crippen LogP contribution in [0, 0.1) is 5.82 Å². The number of amides is 1. The van der Waals surface area contributed by atoms with E-state index in [-0.39, 0.29) is 23.6 Å². The summed E-state index contributed by atoms with van der Waals surface area (Å²) in [5, 5.41) is 8.03. The lowest BCUT2D eigenvalue weighted by molar-refractivity contribution is -0.118. The highest BCUT2D eigenvalue weighted by molar-refractivity contribution is 8.00. The van der Waals surface area contributed by atoms with Gasteiger partial charge in [-0.15, -0.1) is 0 Å². The third-order valence-electron chi connectivity index (χ3n) is 4.34. The number of nitrogens with one attached hydrogen (secondary N) is 1. The largest absolute Gasteiger partial charge is 0.482 e. The number of ether oxygens (including phenoxy) is 1. The van der Waals surface area contributed by atoms with Gasteiger partial charge in [0.2, 0.25) is 0 Å². The molecule has 0 bridgehead atoms. The van der Waals surface area contributed by atoms with Crippen molar-refractivity contribution in [3.8, 4) is 5.75 Å². The van der Waals surface area contributed by atoms with Gasteiger partial charge in [-0.1, -0.05) is 23.9 Å². The molecule has 2 aliphatic heterocycles. The fraction of sp³-hybridized carbons (Fsp3) is 0.105. The zero-order valence-corrected chi connectivity index (χ0v) is 14.7. The normalized spacial score (nSPS) is 18.0. The van der Waals surface area contributed by atoms with E-state index in [2.05, 4.69) is 10.3 Å². The van der Waals surface area contributed by atoms with Crippen LogP contribution < -0.4 is 10.1 Å². The van der Waals surface area contributed by atoms with Gasteiger partial charge >= 0.3 is 0 Å². The van der Waals surface area contributed by atoms with Crippen molar-refractivity contribution in [2.75, 3.05) is 11.9 Å². The Bertz CT molecular complexity index is 1090. The molecule has 3 aromatic rings. The van der Waals surface area contributed by atoms with Crippen LogP contribution in [0.3, 0.4) is 0 Å². The number of benzene rings is 2. The summed E-state index contributed by atoms with van der Waals surface area (Å²) < 4.78 is 20.9. The number of hydrogen-bond donors (Lipinski definition) is 1. The molecule has 0 radical (unpaired) electrons. The lowest BCUT2D eigenvalue weighted by atomic mass is 10.0. The number of thioether (sulfide) groups is 1. The van der Waals surface area contributed by atoms with E-state index in [1.54, 1.807) is 23.1 Å². The van der Waals surface area contributed by atoms with Crippen LogP contribution in [0.25, 0.3) is 0 Å². The Hall–Kier alpha value is -3.13. The van der Waals surface area contributed by atoms with E-state index < -0.39 is 0 Å². The summed E-state index contributed by atoms with van der Waals surface area (Å²) in [6.07, 6.45) is 3.45. The van der Waals surface area contributed by atoms with Crippen LogP contribution in [0.4, 0.5) is 10.1 Å². The molecule has 1 aromatic heterocycles. The predicted molar refractivity (Wildman–Crippen MR) is 99.7 cm³/mol. The number of fused-ring (bicyclic) bond motifs is 2. The topological polar surface area (TPSA) is 68.5 Å². The van der Waals surface area contributed by atoms with Crippen molar-refractivity contribution >= 4 is 29.1 Å². The standard InChI is InChI=1S/C19H13FN4O2S/c20-13-3-1-2-12(8-13)18-17(23-24-7-6-21-19(24)27-18)11-4-5-15-14(9-11)22-16(25)10-26-15/h1-9,18H,10H2,(H,22,25). The molecule has 0 saturated carbocycles. The molecule has 6 nitrogen and oxygen atoms in total. The Balaban J connectivity index is 1.63. The number of anilines is 1. The van der Waals surface area contributed by atoms with E-state index in [0.717, 1.165) is 22.0 Å². The summed E-state index contributed by atoms with van der Waals surface area (Å²) in [7, 11) is 0. The monoisotopic (exact) mass is 380 g/mol. The number of aromatic nitrogens is 2. The highest BCUT2D eigenvalue weighted by Gasteiger charge is 2.29. The van der Waals surface area contributed by atoms with Gasteiger partial charge in [0.25, 0.3) is 5.91 Å². The zero-order valence-electron chi connectivity index (χ0n) is 13.9. The molecule has 1 unspecified atom stereocenters. The van der Waals surface area contributed by atoms with Crippen LogP contribution in [0.1, 0.15) is 16.4 Å². The minimum atomic E-state index is -0.299. The minimum Gasteiger partial charge on any atom is -0.482 e. The fourth-order valence-electron chi connectivity index (χ4n) is 3.12. The number of rotatable bonds is 2. The quantitative estimate of drug-likeness (QED) is 0.739. The molecule has 0 fully saturated rings. The molecule has 134 valence electrons. The molecular weight excluding hydrogens is 367 g/mol. The number of carbonyl (C=O) groups excluding carboxylic acids is 1. The molecule has 8 heteroatoms. The molecule has 2 aliphatic rings. The van der Waals surface area contributed by atoms with E-state index in [0.29, 0.717) is 11.4 Å². The van der Waals surface area contributed by atoms with E-state index in [1.807, 2.05) is 24.3 Å². The Morgan fingerprint density at radius 2 is 2.19 bits per heavy atom. The summed E-state index contributed by atoms with van der Waals surface area (Å²) in [4.78, 5) is 16.0. The summed E-state index contributed by atoms with van der Waals surface area (Å²) in [5.41, 5.74) is 2.97. The van der Waals surface area contributed by atoms with Gasteiger partial charge in [-0.05, 0) is 35.9 Å². The van der Waals surface area contributed by atoms with E-state index in [1.165, 1.54) is 23.9 Å². The van der Waals surface area contributed by atoms with Gasteiger partial charge in [0.1, 0.15) is 11.6 Å². The van der Waals surface area contributed by atoms with Crippen molar-refractivity contribution in [1.82, 2.24) is 9.66 Å². The maximum atomic E-state index is 13.8. The van der Waals surface area contributed by atoms with Crippen molar-refractivity contribution in [3.63, 3.8) is 0 Å². The van der Waals surface area contributed by atoms with Crippen molar-refractivity contribution in [2.45, 2.75) is 10.4 Å². The van der Waals surface area contributed by atoms with E-state index in [4.69, 9.17) is 9.84 Å². The average molecular weight is 380 g/mol. The van der Waals surface area contributed by atoms with Gasteiger partial charge < -0.3 is 10.1 Å². The second kappa shape index (κ2) is 6.24. The fourth-order valence-corrected chi connectivity index (χ4v) is 4.24. The smallest absolute Gasteiger partial charge is 0.262 e. The van der Waals surface area contributed by atoms with Crippen molar-refractivity contribution < 1.29 is 13.9 Å². The van der Waals surface area contributed by atoms with Gasteiger partial charge in [0.05, 0.1) is 16.6 Å². The second-order valence-corrected chi connectivity index (χ2v) is 7.21. The Morgan fingerprint density at radius 3 is 3.07 bits per heavy atom. The van der Waals surface area contributed by atoms with Crippen LogP contribution in [0.2, 0.25) is 0 Å². The van der Waals surface area contributed by atoms with Gasteiger partial charge in [-0.25, -0.2) is 14.1 Å². The third-order valence-corrected chi connectivity index (χ3v) is 5.57. The maximum absolute atomic E-state index is 13.8. The Labute approximate surface area is 158 Å². The molecule has 2 aromatic carbocycles. The van der Waals surface area contributed by atoms with Crippen LogP contribution in [-0.2, 0) is 4.79 Å². The van der Waals surface area contributed by atoms with Crippen LogP contribution in [-0.4, -0.2) is 27.9 Å². The van der Waals surface area contributed by atoms with E-state index >= 15 is 0 Å². The zero-order chi connectivity index (χ0) is 18.4. The van der Waals surface area contributed by atoms with Gasteiger partial charge in [0.15, 0.2) is 11.8 Å². The van der Waals surface area contributed by atoms with Crippen molar-refractivity contribution in [2.24, 2.45) is 5.10 Å². The van der Waals surface area contributed by atoms with E-state index in [9.17, 15) is 9.18 Å². The van der Waals surface area contributed by atoms with Gasteiger partial charge in [0, 0.05) is 18.0 Å². The number of hydrogen-bond acceptors (Lipinski definition) is 5. The number of imidazole rings is 1. The summed E-state index contributed by atoms with van der Waals surface area (Å²) in [6.45, 7) is 0.00740. The predicted octanol–water partition coefficient (Wildman–Crippen LogP) is 3.45. The molecule has 5 rings (SSSR count). The Kier molecular flexibility index (Phi) is 3.71. The molecule has 1 amide bonds. The van der Waals surface area contributed by atoms with Gasteiger partial charge in [-0.2, -0.15) is 5.10 Å². The molecule has 0 aliphatic carbocycles. The minimum absolute atomic E-state index is 0.00740. The van der Waals surface area contributed by atoms with Gasteiger partial charge in [-0.3, -0.25) is 4.79 Å². The average Bonchev–Trinajstić information content (AvgIpc) is 3.14.